The number of carbonyl (C=O) groups is 1. The molecular weight excluding hydrogens is 402 g/mol. The molecule has 0 saturated carbocycles. The summed E-state index contributed by atoms with van der Waals surface area (Å²) in [5.74, 6) is -0.297. The van der Waals surface area contributed by atoms with Gasteiger partial charge in [0.1, 0.15) is 0 Å². The normalized spacial score (nSPS) is 20.3. The number of nitrogens with one attached hydrogen (secondary N) is 1. The van der Waals surface area contributed by atoms with E-state index in [1.165, 1.54) is 14.9 Å². The average Bonchev–Trinajstić information content (AvgIpc) is 3.21. The van der Waals surface area contributed by atoms with Gasteiger partial charge < -0.3 is 5.32 Å². The van der Waals surface area contributed by atoms with Crippen molar-refractivity contribution < 1.29 is 21.6 Å². The summed E-state index contributed by atoms with van der Waals surface area (Å²) in [7, 11) is -6.63. The molecule has 28 heavy (non-hydrogen) atoms. The van der Waals surface area contributed by atoms with Gasteiger partial charge in [0.15, 0.2) is 0 Å². The van der Waals surface area contributed by atoms with Crippen LogP contribution in [0, 0.1) is 5.92 Å². The molecule has 2 heterocycles. The van der Waals surface area contributed by atoms with Gasteiger partial charge in [-0.2, -0.15) is 4.31 Å². The Morgan fingerprint density at radius 2 is 1.54 bits per heavy atom. The van der Waals surface area contributed by atoms with Crippen molar-refractivity contribution in [2.24, 2.45) is 5.92 Å². The molecule has 0 bridgehead atoms. The molecule has 0 aliphatic carbocycles. The second-order valence-corrected chi connectivity index (χ2v) is 11.3. The molecular formula is C18H27N3O5S2. The average molecular weight is 430 g/mol. The number of amides is 1. The fraction of sp³-hybridized carbons (Fsp3) is 0.611. The summed E-state index contributed by atoms with van der Waals surface area (Å²) in [4.78, 5) is 12.6. The van der Waals surface area contributed by atoms with Crippen LogP contribution in [0.5, 0.6) is 0 Å². The minimum atomic E-state index is -3.43. The Morgan fingerprint density at radius 1 is 0.964 bits per heavy atom. The van der Waals surface area contributed by atoms with Gasteiger partial charge in [-0.1, -0.05) is 12.1 Å². The molecule has 156 valence electrons. The van der Waals surface area contributed by atoms with Crippen LogP contribution in [0.2, 0.25) is 0 Å². The minimum Gasteiger partial charge on any atom is -0.352 e. The van der Waals surface area contributed by atoms with Crippen LogP contribution in [0.15, 0.2) is 29.2 Å². The summed E-state index contributed by atoms with van der Waals surface area (Å²) >= 11 is 0. The van der Waals surface area contributed by atoms with Gasteiger partial charge in [0.25, 0.3) is 0 Å². The van der Waals surface area contributed by atoms with Gasteiger partial charge >= 0.3 is 0 Å². The van der Waals surface area contributed by atoms with Crippen molar-refractivity contribution in [1.29, 1.82) is 0 Å². The zero-order valence-corrected chi connectivity index (χ0v) is 17.6. The zero-order chi connectivity index (χ0) is 20.4. The van der Waals surface area contributed by atoms with Gasteiger partial charge in [0.05, 0.1) is 11.2 Å². The molecule has 2 aliphatic heterocycles. The van der Waals surface area contributed by atoms with Gasteiger partial charge in [-0.05, 0) is 43.4 Å². The van der Waals surface area contributed by atoms with Crippen LogP contribution in [0.1, 0.15) is 31.2 Å². The number of rotatable bonds is 6. The molecule has 1 amide bonds. The largest absolute Gasteiger partial charge is 0.352 e. The summed E-state index contributed by atoms with van der Waals surface area (Å²) in [6.45, 7) is 2.17. The monoisotopic (exact) mass is 429 g/mol. The summed E-state index contributed by atoms with van der Waals surface area (Å²) in [6, 6.07) is 6.60. The Bertz CT molecular complexity index is 899. The van der Waals surface area contributed by atoms with E-state index >= 15 is 0 Å². The molecule has 10 heteroatoms. The van der Waals surface area contributed by atoms with Crippen molar-refractivity contribution >= 4 is 26.0 Å². The fourth-order valence-corrected chi connectivity index (χ4v) is 6.03. The lowest BCUT2D eigenvalue weighted by molar-refractivity contribution is -0.126. The third kappa shape index (κ3) is 4.91. The van der Waals surface area contributed by atoms with Crippen LogP contribution >= 0.6 is 0 Å². The number of hydrogen-bond acceptors (Lipinski definition) is 5. The lowest BCUT2D eigenvalue weighted by Crippen LogP contribution is -2.42. The molecule has 0 radical (unpaired) electrons. The summed E-state index contributed by atoms with van der Waals surface area (Å²) in [6.07, 6.45) is 3.98. The first kappa shape index (κ1) is 21.2. The zero-order valence-electron chi connectivity index (χ0n) is 16.0. The molecule has 8 nitrogen and oxygen atoms in total. The molecule has 2 aliphatic rings. The quantitative estimate of drug-likeness (QED) is 0.719. The van der Waals surface area contributed by atoms with Crippen molar-refractivity contribution in [3.8, 4) is 0 Å². The third-order valence-electron chi connectivity index (χ3n) is 5.39. The number of benzene rings is 1. The van der Waals surface area contributed by atoms with E-state index in [4.69, 9.17) is 0 Å². The van der Waals surface area contributed by atoms with Gasteiger partial charge in [-0.3, -0.25) is 4.79 Å². The molecule has 2 saturated heterocycles. The molecule has 1 N–H and O–H groups in total. The van der Waals surface area contributed by atoms with Crippen molar-refractivity contribution in [2.75, 3.05) is 32.4 Å². The van der Waals surface area contributed by atoms with Crippen molar-refractivity contribution in [3.05, 3.63) is 29.8 Å². The van der Waals surface area contributed by atoms with E-state index in [0.717, 1.165) is 18.4 Å². The number of carbonyl (C=O) groups excluding carboxylic acids is 1. The van der Waals surface area contributed by atoms with E-state index in [0.29, 0.717) is 45.6 Å². The van der Waals surface area contributed by atoms with E-state index in [1.54, 1.807) is 24.3 Å². The predicted octanol–water partition coefficient (Wildman–Crippen LogP) is 0.759. The summed E-state index contributed by atoms with van der Waals surface area (Å²) in [5, 5.41) is 2.87. The summed E-state index contributed by atoms with van der Waals surface area (Å²) in [5.41, 5.74) is 0.822. The lowest BCUT2D eigenvalue weighted by Gasteiger charge is -2.29. The lowest BCUT2D eigenvalue weighted by atomic mass is 9.97. The topological polar surface area (TPSA) is 104 Å². The predicted molar refractivity (Wildman–Crippen MR) is 105 cm³/mol. The standard InChI is InChI=1S/C18H27N3O5S2/c1-27(23,24)20-12-8-16(9-13-20)18(22)19-14-15-4-6-17(7-5-15)28(25,26)21-10-2-3-11-21/h4-7,16H,2-3,8-14H2,1H3,(H,19,22). The van der Waals surface area contributed by atoms with Gasteiger partial charge in [0.2, 0.25) is 26.0 Å². The van der Waals surface area contributed by atoms with Crippen molar-refractivity contribution in [1.82, 2.24) is 13.9 Å². The van der Waals surface area contributed by atoms with E-state index in [1.807, 2.05) is 0 Å². The Hall–Kier alpha value is -1.49. The van der Waals surface area contributed by atoms with Crippen LogP contribution in [0.3, 0.4) is 0 Å². The highest BCUT2D eigenvalue weighted by Gasteiger charge is 2.29. The second kappa shape index (κ2) is 8.48. The van der Waals surface area contributed by atoms with Crippen molar-refractivity contribution in [3.63, 3.8) is 0 Å². The van der Waals surface area contributed by atoms with E-state index in [2.05, 4.69) is 5.32 Å². The van der Waals surface area contributed by atoms with Crippen LogP contribution in [0.25, 0.3) is 0 Å². The molecule has 0 unspecified atom stereocenters. The molecule has 0 spiro atoms. The highest BCUT2D eigenvalue weighted by atomic mass is 32.2. The molecule has 0 atom stereocenters. The third-order valence-corrected chi connectivity index (χ3v) is 8.60. The molecule has 1 aromatic carbocycles. The Kier molecular flexibility index (Phi) is 6.43. The van der Waals surface area contributed by atoms with E-state index in [-0.39, 0.29) is 16.7 Å². The first-order chi connectivity index (χ1) is 13.2. The fourth-order valence-electron chi connectivity index (χ4n) is 3.64. The second-order valence-electron chi connectivity index (χ2n) is 7.41. The number of nitrogens with zero attached hydrogens (tertiary/aromatic N) is 2. The van der Waals surface area contributed by atoms with Crippen LogP contribution < -0.4 is 5.32 Å². The maximum atomic E-state index is 12.5. The maximum absolute atomic E-state index is 12.5. The molecule has 2 fully saturated rings. The Labute approximate surface area is 167 Å². The summed E-state index contributed by atoms with van der Waals surface area (Å²) < 4.78 is 51.0. The highest BCUT2D eigenvalue weighted by Crippen LogP contribution is 2.22. The van der Waals surface area contributed by atoms with Gasteiger partial charge in [0, 0.05) is 38.6 Å². The molecule has 0 aromatic heterocycles. The van der Waals surface area contributed by atoms with Crippen molar-refractivity contribution in [2.45, 2.75) is 37.1 Å². The minimum absolute atomic E-state index is 0.0954. The number of sulfonamides is 2. The first-order valence-electron chi connectivity index (χ1n) is 9.50. The number of piperidine rings is 1. The van der Waals surface area contributed by atoms with Gasteiger partial charge in [-0.25, -0.2) is 21.1 Å². The van der Waals surface area contributed by atoms with Crippen LogP contribution in [-0.2, 0) is 31.4 Å². The number of hydrogen-bond donors (Lipinski definition) is 1. The smallest absolute Gasteiger partial charge is 0.243 e. The van der Waals surface area contributed by atoms with E-state index < -0.39 is 20.0 Å². The van der Waals surface area contributed by atoms with Crippen LogP contribution in [-0.4, -0.2) is 63.8 Å². The molecule has 3 rings (SSSR count). The van der Waals surface area contributed by atoms with Crippen LogP contribution in [0.4, 0.5) is 0 Å². The Balaban J connectivity index is 1.52. The van der Waals surface area contributed by atoms with E-state index in [9.17, 15) is 21.6 Å². The Morgan fingerprint density at radius 3 is 2.07 bits per heavy atom. The maximum Gasteiger partial charge on any atom is 0.243 e. The first-order valence-corrected chi connectivity index (χ1v) is 12.8. The highest BCUT2D eigenvalue weighted by molar-refractivity contribution is 7.89. The molecule has 1 aromatic rings. The van der Waals surface area contributed by atoms with Gasteiger partial charge in [-0.15, -0.1) is 0 Å². The SMILES string of the molecule is CS(=O)(=O)N1CCC(C(=O)NCc2ccc(S(=O)(=O)N3CCCC3)cc2)CC1.